The van der Waals surface area contributed by atoms with Crippen LogP contribution in [0, 0.1) is 11.8 Å². The number of esters is 1. The Bertz CT molecular complexity index is 267. The summed E-state index contributed by atoms with van der Waals surface area (Å²) in [5, 5.41) is 3.08. The van der Waals surface area contributed by atoms with E-state index in [2.05, 4.69) is 5.32 Å². The second-order valence-corrected chi connectivity index (χ2v) is 4.73. The van der Waals surface area contributed by atoms with Crippen molar-refractivity contribution in [1.82, 2.24) is 5.32 Å². The lowest BCUT2D eigenvalue weighted by atomic mass is 9.88. The lowest BCUT2D eigenvalue weighted by Crippen LogP contribution is -2.37. The summed E-state index contributed by atoms with van der Waals surface area (Å²) in [4.78, 5) is 11.6. The molecule has 0 radical (unpaired) electrons. The minimum atomic E-state index is -1.11. The summed E-state index contributed by atoms with van der Waals surface area (Å²) < 4.78 is 19.0. The third-order valence-corrected chi connectivity index (χ3v) is 3.78. The SMILES string of the molecule is CCOC(=O)[C@H]1NCC2[C@@H]1CC[C@@]2(C)F. The molecule has 1 saturated heterocycles. The zero-order valence-electron chi connectivity index (χ0n) is 9.25. The van der Waals surface area contributed by atoms with Gasteiger partial charge in [0.2, 0.25) is 0 Å². The van der Waals surface area contributed by atoms with E-state index >= 15 is 0 Å². The first kappa shape index (κ1) is 10.9. The van der Waals surface area contributed by atoms with Crippen molar-refractivity contribution in [3.05, 3.63) is 0 Å². The Balaban J connectivity index is 2.05. The van der Waals surface area contributed by atoms with Gasteiger partial charge in [0.1, 0.15) is 11.7 Å². The topological polar surface area (TPSA) is 38.3 Å². The molecule has 2 fully saturated rings. The predicted molar refractivity (Wildman–Crippen MR) is 54.2 cm³/mol. The van der Waals surface area contributed by atoms with Crippen LogP contribution in [0.25, 0.3) is 0 Å². The minimum absolute atomic E-state index is 0.0214. The number of nitrogens with one attached hydrogen (secondary N) is 1. The van der Waals surface area contributed by atoms with E-state index in [-0.39, 0.29) is 23.8 Å². The van der Waals surface area contributed by atoms with Crippen LogP contribution >= 0.6 is 0 Å². The molecular formula is C11H18FNO2. The summed E-state index contributed by atoms with van der Waals surface area (Å²) in [5.41, 5.74) is -1.11. The number of alkyl halides is 1. The van der Waals surface area contributed by atoms with Crippen molar-refractivity contribution >= 4 is 5.97 Å². The van der Waals surface area contributed by atoms with Crippen LogP contribution in [0.5, 0.6) is 0 Å². The van der Waals surface area contributed by atoms with Crippen molar-refractivity contribution in [2.75, 3.05) is 13.2 Å². The Kier molecular flexibility index (Phi) is 2.71. The number of carbonyl (C=O) groups excluding carboxylic acids is 1. The maximum Gasteiger partial charge on any atom is 0.323 e. The molecule has 86 valence electrons. The molecule has 4 atom stereocenters. The highest BCUT2D eigenvalue weighted by Crippen LogP contribution is 2.47. The molecule has 0 bridgehead atoms. The maximum absolute atomic E-state index is 14.0. The van der Waals surface area contributed by atoms with Gasteiger partial charge in [0.15, 0.2) is 0 Å². The third-order valence-electron chi connectivity index (χ3n) is 3.78. The number of hydrogen-bond acceptors (Lipinski definition) is 3. The highest BCUT2D eigenvalue weighted by Gasteiger charge is 2.54. The number of rotatable bonds is 2. The summed E-state index contributed by atoms with van der Waals surface area (Å²) in [7, 11) is 0. The molecule has 3 nitrogen and oxygen atoms in total. The van der Waals surface area contributed by atoms with Crippen LogP contribution in [0.2, 0.25) is 0 Å². The van der Waals surface area contributed by atoms with E-state index in [1.165, 1.54) is 0 Å². The second-order valence-electron chi connectivity index (χ2n) is 4.73. The Morgan fingerprint density at radius 3 is 3.07 bits per heavy atom. The number of ether oxygens (including phenoxy) is 1. The van der Waals surface area contributed by atoms with E-state index in [0.29, 0.717) is 19.6 Å². The smallest absolute Gasteiger partial charge is 0.323 e. The van der Waals surface area contributed by atoms with Crippen molar-refractivity contribution in [3.8, 4) is 0 Å². The maximum atomic E-state index is 14.0. The van der Waals surface area contributed by atoms with Crippen molar-refractivity contribution < 1.29 is 13.9 Å². The van der Waals surface area contributed by atoms with Gasteiger partial charge < -0.3 is 10.1 Å². The molecule has 1 saturated carbocycles. The van der Waals surface area contributed by atoms with Gasteiger partial charge in [-0.15, -0.1) is 0 Å². The zero-order chi connectivity index (χ0) is 11.1. The largest absolute Gasteiger partial charge is 0.465 e. The standard InChI is InChI=1S/C11H18FNO2/c1-3-15-10(14)9-7-4-5-11(2,12)8(7)6-13-9/h7-9,13H,3-6H2,1-2H3/t7-,8?,9-,11+/m0/s1. The number of halogens is 1. The molecule has 0 spiro atoms. The molecule has 1 heterocycles. The van der Waals surface area contributed by atoms with Gasteiger partial charge in [0.25, 0.3) is 0 Å². The molecule has 1 aliphatic carbocycles. The average Bonchev–Trinajstić information content (AvgIpc) is 2.69. The highest BCUT2D eigenvalue weighted by molar-refractivity contribution is 5.76. The minimum Gasteiger partial charge on any atom is -0.465 e. The second kappa shape index (κ2) is 3.74. The Morgan fingerprint density at radius 1 is 1.67 bits per heavy atom. The van der Waals surface area contributed by atoms with E-state index in [9.17, 15) is 9.18 Å². The van der Waals surface area contributed by atoms with Crippen LogP contribution in [0.1, 0.15) is 26.7 Å². The average molecular weight is 215 g/mol. The summed E-state index contributed by atoms with van der Waals surface area (Å²) in [6.45, 7) is 4.42. The van der Waals surface area contributed by atoms with Crippen LogP contribution in [0.15, 0.2) is 0 Å². The van der Waals surface area contributed by atoms with Crippen molar-refractivity contribution in [1.29, 1.82) is 0 Å². The quantitative estimate of drug-likeness (QED) is 0.705. The molecule has 2 aliphatic rings. The fraction of sp³-hybridized carbons (Fsp3) is 0.909. The van der Waals surface area contributed by atoms with Crippen LogP contribution in [-0.2, 0) is 9.53 Å². The first-order valence-electron chi connectivity index (χ1n) is 5.65. The van der Waals surface area contributed by atoms with Crippen LogP contribution in [-0.4, -0.2) is 30.8 Å². The van der Waals surface area contributed by atoms with E-state index in [0.717, 1.165) is 6.42 Å². The molecular weight excluding hydrogens is 197 g/mol. The number of fused-ring (bicyclic) bond motifs is 1. The van der Waals surface area contributed by atoms with Gasteiger partial charge in [-0.2, -0.15) is 0 Å². The fourth-order valence-electron chi connectivity index (χ4n) is 2.94. The van der Waals surface area contributed by atoms with E-state index < -0.39 is 5.67 Å². The summed E-state index contributed by atoms with van der Waals surface area (Å²) in [6.07, 6.45) is 1.36. The summed E-state index contributed by atoms with van der Waals surface area (Å²) in [6, 6.07) is -0.285. The lowest BCUT2D eigenvalue weighted by molar-refractivity contribution is -0.146. The van der Waals surface area contributed by atoms with Gasteiger partial charge in [-0.1, -0.05) is 0 Å². The first-order chi connectivity index (χ1) is 7.06. The Labute approximate surface area is 89.4 Å². The number of hydrogen-bond donors (Lipinski definition) is 1. The lowest BCUT2D eigenvalue weighted by Gasteiger charge is -2.21. The molecule has 0 aromatic rings. The van der Waals surface area contributed by atoms with Gasteiger partial charge in [-0.05, 0) is 32.6 Å². The fourth-order valence-corrected chi connectivity index (χ4v) is 2.94. The molecule has 0 aromatic heterocycles. The van der Waals surface area contributed by atoms with E-state index in [1.54, 1.807) is 13.8 Å². The number of carbonyl (C=O) groups is 1. The molecule has 4 heteroatoms. The van der Waals surface area contributed by atoms with Crippen LogP contribution in [0.4, 0.5) is 4.39 Å². The molecule has 1 unspecified atom stereocenters. The van der Waals surface area contributed by atoms with Crippen LogP contribution in [0.3, 0.4) is 0 Å². The van der Waals surface area contributed by atoms with Crippen molar-refractivity contribution in [3.63, 3.8) is 0 Å². The van der Waals surface area contributed by atoms with Gasteiger partial charge in [0.05, 0.1) is 6.61 Å². The first-order valence-corrected chi connectivity index (χ1v) is 5.65. The molecule has 15 heavy (non-hydrogen) atoms. The van der Waals surface area contributed by atoms with Gasteiger partial charge in [0, 0.05) is 12.5 Å². The molecule has 1 N–H and O–H groups in total. The Morgan fingerprint density at radius 2 is 2.40 bits per heavy atom. The molecule has 2 rings (SSSR count). The highest BCUT2D eigenvalue weighted by atomic mass is 19.1. The molecule has 0 amide bonds. The van der Waals surface area contributed by atoms with Crippen molar-refractivity contribution in [2.24, 2.45) is 11.8 Å². The van der Waals surface area contributed by atoms with Gasteiger partial charge in [-0.25, -0.2) is 4.39 Å². The predicted octanol–water partition coefficient (Wildman–Crippen LogP) is 1.28. The molecule has 0 aromatic carbocycles. The normalized spacial score (nSPS) is 44.1. The van der Waals surface area contributed by atoms with E-state index in [1.807, 2.05) is 0 Å². The summed E-state index contributed by atoms with van der Waals surface area (Å²) >= 11 is 0. The third kappa shape index (κ3) is 1.75. The van der Waals surface area contributed by atoms with Gasteiger partial charge in [-0.3, -0.25) is 4.79 Å². The monoisotopic (exact) mass is 215 g/mol. The summed E-state index contributed by atoms with van der Waals surface area (Å²) in [5.74, 6) is -0.117. The van der Waals surface area contributed by atoms with E-state index in [4.69, 9.17) is 4.74 Å². The van der Waals surface area contributed by atoms with Gasteiger partial charge >= 0.3 is 5.97 Å². The van der Waals surface area contributed by atoms with Crippen molar-refractivity contribution in [2.45, 2.75) is 38.4 Å². The Hall–Kier alpha value is -0.640. The zero-order valence-corrected chi connectivity index (χ0v) is 9.25. The molecule has 1 aliphatic heterocycles. The van der Waals surface area contributed by atoms with Crippen LogP contribution < -0.4 is 5.32 Å².